The summed E-state index contributed by atoms with van der Waals surface area (Å²) in [6, 6.07) is 5.18. The molecule has 1 aromatic carbocycles. The summed E-state index contributed by atoms with van der Waals surface area (Å²) in [6.07, 6.45) is 6.22. The molecule has 0 aromatic heterocycles. The van der Waals surface area contributed by atoms with Crippen LogP contribution in [0, 0.1) is 23.7 Å². The molecule has 5 heteroatoms. The van der Waals surface area contributed by atoms with Gasteiger partial charge in [-0.05, 0) is 36.8 Å². The largest absolute Gasteiger partial charge is 0.497 e. The summed E-state index contributed by atoms with van der Waals surface area (Å²) in [6.45, 7) is 0. The zero-order chi connectivity index (χ0) is 16.1. The van der Waals surface area contributed by atoms with Crippen LogP contribution in [0.2, 0.25) is 0 Å². The lowest BCUT2D eigenvalue weighted by atomic mass is 9.63. The fraction of sp³-hybridized carbons (Fsp3) is 0.444. The summed E-state index contributed by atoms with van der Waals surface area (Å²) in [5.41, 5.74) is 0.482. The summed E-state index contributed by atoms with van der Waals surface area (Å²) < 4.78 is 10.6. The van der Waals surface area contributed by atoms with E-state index in [2.05, 4.69) is 12.2 Å². The van der Waals surface area contributed by atoms with Crippen molar-refractivity contribution in [2.45, 2.75) is 12.8 Å². The number of hydrogen-bond acceptors (Lipinski definition) is 4. The predicted octanol–water partition coefficient (Wildman–Crippen LogP) is 2.41. The average molecular weight is 313 g/mol. The highest BCUT2D eigenvalue weighted by Crippen LogP contribution is 2.51. The van der Waals surface area contributed by atoms with Crippen LogP contribution >= 0.6 is 0 Å². The van der Waals surface area contributed by atoms with Gasteiger partial charge in [-0.3, -0.25) is 9.59 Å². The molecule has 2 fully saturated rings. The maximum Gasteiger partial charge on any atom is 0.238 e. The number of hydrogen-bond donors (Lipinski definition) is 0. The third kappa shape index (κ3) is 1.92. The van der Waals surface area contributed by atoms with Gasteiger partial charge >= 0.3 is 0 Å². The summed E-state index contributed by atoms with van der Waals surface area (Å²) in [4.78, 5) is 27.3. The number of benzene rings is 1. The van der Waals surface area contributed by atoms with Crippen molar-refractivity contribution in [1.82, 2.24) is 0 Å². The van der Waals surface area contributed by atoms with Crippen LogP contribution in [0.3, 0.4) is 0 Å². The number of ether oxygens (including phenoxy) is 2. The zero-order valence-electron chi connectivity index (χ0n) is 13.2. The van der Waals surface area contributed by atoms with Crippen molar-refractivity contribution in [1.29, 1.82) is 0 Å². The highest BCUT2D eigenvalue weighted by molar-refractivity contribution is 6.23. The molecule has 5 rings (SSSR count). The lowest BCUT2D eigenvalue weighted by Gasteiger charge is -2.38. The highest BCUT2D eigenvalue weighted by atomic mass is 16.5. The van der Waals surface area contributed by atoms with E-state index in [0.29, 0.717) is 17.2 Å². The van der Waals surface area contributed by atoms with Crippen molar-refractivity contribution in [3.8, 4) is 11.5 Å². The second kappa shape index (κ2) is 5.11. The number of allylic oxidation sites excluding steroid dienone is 2. The van der Waals surface area contributed by atoms with Gasteiger partial charge in [0.15, 0.2) is 0 Å². The van der Waals surface area contributed by atoms with E-state index in [1.54, 1.807) is 25.3 Å². The molecule has 0 radical (unpaired) electrons. The standard InChI is InChI=1S/C18H19NO4/c1-22-12-7-8-14(23-2)13(9-12)19-17(20)15-10-3-4-11(6-5-10)16(15)18(19)21/h3-4,7-11,15-16H,5-6H2,1-2H3/t10-,11+,15-,16+. The van der Waals surface area contributed by atoms with Gasteiger partial charge in [0.05, 0.1) is 31.7 Å². The zero-order valence-corrected chi connectivity index (χ0v) is 13.2. The van der Waals surface area contributed by atoms with E-state index in [4.69, 9.17) is 9.47 Å². The summed E-state index contributed by atoms with van der Waals surface area (Å²) in [7, 11) is 3.10. The van der Waals surface area contributed by atoms with Crippen LogP contribution in [-0.4, -0.2) is 26.0 Å². The molecule has 2 amide bonds. The number of carbonyl (C=O) groups is 2. The van der Waals surface area contributed by atoms with E-state index < -0.39 is 0 Å². The van der Waals surface area contributed by atoms with Crippen molar-refractivity contribution in [3.05, 3.63) is 30.4 Å². The first kappa shape index (κ1) is 14.3. The van der Waals surface area contributed by atoms with Crippen molar-refractivity contribution < 1.29 is 19.1 Å². The molecule has 3 aliphatic carbocycles. The first-order valence-corrected chi connectivity index (χ1v) is 7.94. The van der Waals surface area contributed by atoms with Crippen LogP contribution in [0.1, 0.15) is 12.8 Å². The quantitative estimate of drug-likeness (QED) is 0.635. The van der Waals surface area contributed by atoms with Gasteiger partial charge < -0.3 is 9.47 Å². The Balaban J connectivity index is 1.79. The van der Waals surface area contributed by atoms with Gasteiger partial charge in [-0.2, -0.15) is 0 Å². The molecule has 2 bridgehead atoms. The molecule has 4 aliphatic rings. The molecule has 1 saturated carbocycles. The van der Waals surface area contributed by atoms with Crippen LogP contribution < -0.4 is 14.4 Å². The molecular weight excluding hydrogens is 294 g/mol. The number of imide groups is 1. The molecular formula is C18H19NO4. The van der Waals surface area contributed by atoms with E-state index >= 15 is 0 Å². The van der Waals surface area contributed by atoms with Crippen molar-refractivity contribution in [2.75, 3.05) is 19.1 Å². The maximum absolute atomic E-state index is 13.0. The van der Waals surface area contributed by atoms with Gasteiger partial charge in [-0.25, -0.2) is 4.90 Å². The van der Waals surface area contributed by atoms with Crippen molar-refractivity contribution >= 4 is 17.5 Å². The average Bonchev–Trinajstić information content (AvgIpc) is 2.88. The minimum atomic E-state index is -0.220. The number of rotatable bonds is 3. The Kier molecular flexibility index (Phi) is 3.18. The molecule has 0 N–H and O–H groups in total. The summed E-state index contributed by atoms with van der Waals surface area (Å²) in [5, 5.41) is 0. The monoisotopic (exact) mass is 313 g/mol. The van der Waals surface area contributed by atoms with Crippen molar-refractivity contribution in [3.63, 3.8) is 0 Å². The van der Waals surface area contributed by atoms with Crippen LogP contribution in [0.4, 0.5) is 5.69 Å². The van der Waals surface area contributed by atoms with Gasteiger partial charge in [0.1, 0.15) is 11.5 Å². The fourth-order valence-electron chi connectivity index (χ4n) is 4.28. The molecule has 0 spiro atoms. The molecule has 1 aromatic rings. The third-order valence-corrected chi connectivity index (χ3v) is 5.39. The molecule has 23 heavy (non-hydrogen) atoms. The SMILES string of the molecule is COc1ccc(OC)c(N2C(=O)[C@@H]3[C@H](C2=O)[C@@H]2C=C[C@H]3CC2)c1. The molecule has 1 saturated heterocycles. The highest BCUT2D eigenvalue weighted by Gasteiger charge is 2.57. The lowest BCUT2D eigenvalue weighted by molar-refractivity contribution is -0.124. The van der Waals surface area contributed by atoms with Crippen molar-refractivity contribution in [2.24, 2.45) is 23.7 Å². The van der Waals surface area contributed by atoms with Crippen LogP contribution in [0.25, 0.3) is 0 Å². The first-order valence-electron chi connectivity index (χ1n) is 7.94. The predicted molar refractivity (Wildman–Crippen MR) is 84.4 cm³/mol. The second-order valence-corrected chi connectivity index (χ2v) is 6.39. The van der Waals surface area contributed by atoms with Gasteiger partial charge in [0.25, 0.3) is 0 Å². The van der Waals surface area contributed by atoms with E-state index in [1.807, 2.05) is 0 Å². The summed E-state index contributed by atoms with van der Waals surface area (Å²) in [5.74, 6) is 0.815. The number of nitrogens with zero attached hydrogens (tertiary/aromatic N) is 1. The molecule has 1 aliphatic heterocycles. The number of amides is 2. The fourth-order valence-corrected chi connectivity index (χ4v) is 4.28. The van der Waals surface area contributed by atoms with Gasteiger partial charge in [-0.15, -0.1) is 0 Å². The number of methoxy groups -OCH3 is 2. The minimum Gasteiger partial charge on any atom is -0.497 e. The van der Waals surface area contributed by atoms with Gasteiger partial charge in [0, 0.05) is 6.07 Å². The topological polar surface area (TPSA) is 55.8 Å². The van der Waals surface area contributed by atoms with Crippen LogP contribution in [0.5, 0.6) is 11.5 Å². The second-order valence-electron chi connectivity index (χ2n) is 6.39. The van der Waals surface area contributed by atoms with Gasteiger partial charge in [0.2, 0.25) is 11.8 Å². The number of carbonyl (C=O) groups excluding carboxylic acids is 2. The smallest absolute Gasteiger partial charge is 0.238 e. The maximum atomic E-state index is 13.0. The Morgan fingerprint density at radius 3 is 2.04 bits per heavy atom. The van der Waals surface area contributed by atoms with Crippen LogP contribution in [0.15, 0.2) is 30.4 Å². The number of fused-ring (bicyclic) bond motifs is 1. The minimum absolute atomic E-state index is 0.106. The third-order valence-electron chi connectivity index (χ3n) is 5.39. The molecule has 0 unspecified atom stereocenters. The lowest BCUT2D eigenvalue weighted by Crippen LogP contribution is -2.38. The molecule has 5 nitrogen and oxygen atoms in total. The van der Waals surface area contributed by atoms with Gasteiger partial charge in [-0.1, -0.05) is 12.2 Å². The van der Waals surface area contributed by atoms with E-state index in [0.717, 1.165) is 12.8 Å². The first-order chi connectivity index (χ1) is 11.2. The normalized spacial score (nSPS) is 31.5. The molecule has 120 valence electrons. The molecule has 4 atom stereocenters. The van der Waals surface area contributed by atoms with E-state index in [9.17, 15) is 9.59 Å². The van der Waals surface area contributed by atoms with E-state index in [1.165, 1.54) is 12.0 Å². The Hall–Kier alpha value is -2.30. The van der Waals surface area contributed by atoms with E-state index in [-0.39, 0.29) is 35.5 Å². The van der Waals surface area contributed by atoms with Crippen LogP contribution in [-0.2, 0) is 9.59 Å². The number of anilines is 1. The Bertz CT molecular complexity index is 679. The Labute approximate surface area is 134 Å². The summed E-state index contributed by atoms with van der Waals surface area (Å²) >= 11 is 0. The molecule has 1 heterocycles. The Morgan fingerprint density at radius 1 is 0.957 bits per heavy atom. The Morgan fingerprint density at radius 2 is 1.57 bits per heavy atom.